The first-order chi connectivity index (χ1) is 11.4. The van der Waals surface area contributed by atoms with Gasteiger partial charge in [-0.1, -0.05) is 0 Å². The van der Waals surface area contributed by atoms with Crippen LogP contribution in [0.25, 0.3) is 11.0 Å². The summed E-state index contributed by atoms with van der Waals surface area (Å²) in [5.74, 6) is 0.695. The normalized spacial score (nSPS) is 15.7. The van der Waals surface area contributed by atoms with Crippen LogP contribution in [0, 0.1) is 19.3 Å². The molecule has 1 fully saturated rings. The number of nitrogens with one attached hydrogen (secondary N) is 2. The third kappa shape index (κ3) is 2.93. The molecule has 0 aliphatic carbocycles. The van der Waals surface area contributed by atoms with Crippen molar-refractivity contribution < 1.29 is 14.6 Å². The molecular weight excluding hydrogens is 308 g/mol. The molecule has 24 heavy (non-hydrogen) atoms. The van der Waals surface area contributed by atoms with Gasteiger partial charge >= 0.3 is 5.97 Å². The van der Waals surface area contributed by atoms with Crippen molar-refractivity contribution in [3.63, 3.8) is 0 Å². The summed E-state index contributed by atoms with van der Waals surface area (Å²) in [5.41, 5.74) is 2.26. The minimum atomic E-state index is -1.00. The van der Waals surface area contributed by atoms with Gasteiger partial charge in [-0.25, -0.2) is 9.78 Å². The maximum Gasteiger partial charge on any atom is 0.339 e. The molecule has 128 valence electrons. The average molecular weight is 330 g/mol. The number of ether oxygens (including phenoxy) is 1. The molecule has 2 heterocycles. The van der Waals surface area contributed by atoms with Crippen molar-refractivity contribution in [2.75, 3.05) is 13.1 Å². The molecule has 1 saturated heterocycles. The van der Waals surface area contributed by atoms with Crippen molar-refractivity contribution in [3.05, 3.63) is 23.0 Å². The fourth-order valence-corrected chi connectivity index (χ4v) is 3.25. The number of carboxylic acids is 1. The summed E-state index contributed by atoms with van der Waals surface area (Å²) in [6, 6.07) is 1.74. The van der Waals surface area contributed by atoms with Gasteiger partial charge in [0.1, 0.15) is 23.2 Å². The molecule has 1 aromatic carbocycles. The number of carboxylic acid groups (broad SMARTS) is 1. The minimum Gasteiger partial charge on any atom is -0.489 e. The van der Waals surface area contributed by atoms with Crippen LogP contribution in [0.2, 0.25) is 0 Å². The van der Waals surface area contributed by atoms with Gasteiger partial charge in [0, 0.05) is 32.0 Å². The van der Waals surface area contributed by atoms with Crippen LogP contribution < -0.4 is 4.74 Å². The van der Waals surface area contributed by atoms with Gasteiger partial charge in [0.2, 0.25) is 0 Å². The molecule has 7 heteroatoms. The fourth-order valence-electron chi connectivity index (χ4n) is 3.25. The first kappa shape index (κ1) is 16.3. The third-order valence-corrected chi connectivity index (χ3v) is 4.53. The zero-order valence-corrected chi connectivity index (χ0v) is 14.1. The lowest BCUT2D eigenvalue weighted by molar-refractivity contribution is 0.0683. The summed E-state index contributed by atoms with van der Waals surface area (Å²) in [7, 11) is 0. The van der Waals surface area contributed by atoms with E-state index in [9.17, 15) is 9.90 Å². The number of piperidine rings is 1. The van der Waals surface area contributed by atoms with Gasteiger partial charge < -0.3 is 19.7 Å². The molecule has 0 atom stereocenters. The Labute approximate surface area is 140 Å². The number of nitrogens with zero attached hydrogens (tertiary/aromatic N) is 2. The maximum absolute atomic E-state index is 11.7. The lowest BCUT2D eigenvalue weighted by Crippen LogP contribution is -2.40. The Kier molecular flexibility index (Phi) is 4.17. The standard InChI is InChI=1S/C17H22N4O3/c1-9-15(17(22)23)14(8-13-16(9)20-11(3)19-13)24-12-4-6-21(7-5-12)10(2)18/h8,12,18H,4-7H2,1-3H3,(H,19,20)(H,22,23). The van der Waals surface area contributed by atoms with Crippen molar-refractivity contribution in [2.45, 2.75) is 39.7 Å². The van der Waals surface area contributed by atoms with E-state index in [-0.39, 0.29) is 11.7 Å². The Balaban J connectivity index is 1.90. The number of amidine groups is 1. The van der Waals surface area contributed by atoms with Gasteiger partial charge in [-0.05, 0) is 26.3 Å². The predicted molar refractivity (Wildman–Crippen MR) is 91.2 cm³/mol. The van der Waals surface area contributed by atoms with Gasteiger partial charge in [-0.3, -0.25) is 5.41 Å². The molecule has 0 amide bonds. The summed E-state index contributed by atoms with van der Waals surface area (Å²) < 4.78 is 6.05. The smallest absolute Gasteiger partial charge is 0.339 e. The Bertz CT molecular complexity index is 804. The predicted octanol–water partition coefficient (Wildman–Crippen LogP) is 2.72. The molecule has 3 rings (SSSR count). The van der Waals surface area contributed by atoms with Crippen molar-refractivity contribution in [1.82, 2.24) is 14.9 Å². The third-order valence-electron chi connectivity index (χ3n) is 4.53. The molecule has 7 nitrogen and oxygen atoms in total. The lowest BCUT2D eigenvalue weighted by Gasteiger charge is -2.33. The molecule has 2 aromatic rings. The number of aromatic carboxylic acids is 1. The molecule has 0 spiro atoms. The van der Waals surface area contributed by atoms with Crippen LogP contribution in [0.5, 0.6) is 5.75 Å². The summed E-state index contributed by atoms with van der Waals surface area (Å²) in [6.07, 6.45) is 1.50. The molecule has 1 aliphatic heterocycles. The Morgan fingerprint density at radius 2 is 2.08 bits per heavy atom. The van der Waals surface area contributed by atoms with Crippen LogP contribution in [0.1, 0.15) is 41.5 Å². The molecular formula is C17H22N4O3. The highest BCUT2D eigenvalue weighted by Crippen LogP contribution is 2.31. The number of aryl methyl sites for hydroxylation is 2. The quantitative estimate of drug-likeness (QED) is 0.593. The lowest BCUT2D eigenvalue weighted by atomic mass is 10.0. The topological polar surface area (TPSA) is 102 Å². The number of fused-ring (bicyclic) bond motifs is 1. The van der Waals surface area contributed by atoms with Crippen molar-refractivity contribution in [3.8, 4) is 5.75 Å². The number of imidazole rings is 1. The number of benzene rings is 1. The van der Waals surface area contributed by atoms with Gasteiger partial charge in [-0.15, -0.1) is 0 Å². The van der Waals surface area contributed by atoms with E-state index in [1.165, 1.54) is 0 Å². The zero-order chi connectivity index (χ0) is 17.4. The van der Waals surface area contributed by atoms with E-state index in [1.54, 1.807) is 19.9 Å². The minimum absolute atomic E-state index is 0.0421. The number of aromatic nitrogens is 2. The van der Waals surface area contributed by atoms with Crippen LogP contribution in [0.3, 0.4) is 0 Å². The highest BCUT2D eigenvalue weighted by atomic mass is 16.5. The molecule has 1 aliphatic rings. The van der Waals surface area contributed by atoms with Crippen molar-refractivity contribution in [2.24, 2.45) is 0 Å². The van der Waals surface area contributed by atoms with E-state index in [4.69, 9.17) is 10.1 Å². The monoisotopic (exact) mass is 330 g/mol. The number of H-pyrrole nitrogens is 1. The van der Waals surface area contributed by atoms with E-state index in [2.05, 4.69) is 9.97 Å². The first-order valence-electron chi connectivity index (χ1n) is 8.06. The Morgan fingerprint density at radius 3 is 2.67 bits per heavy atom. The molecule has 1 aromatic heterocycles. The average Bonchev–Trinajstić information content (AvgIpc) is 2.88. The molecule has 0 unspecified atom stereocenters. The van der Waals surface area contributed by atoms with Gasteiger partial charge in [0.25, 0.3) is 0 Å². The van der Waals surface area contributed by atoms with E-state index < -0.39 is 5.97 Å². The number of aromatic amines is 1. The summed E-state index contributed by atoms with van der Waals surface area (Å²) in [6.45, 7) is 6.90. The number of rotatable bonds is 3. The molecule has 0 saturated carbocycles. The van der Waals surface area contributed by atoms with Gasteiger partial charge in [-0.2, -0.15) is 0 Å². The van der Waals surface area contributed by atoms with Crippen molar-refractivity contribution in [1.29, 1.82) is 5.41 Å². The second kappa shape index (κ2) is 6.14. The largest absolute Gasteiger partial charge is 0.489 e. The molecule has 0 radical (unpaired) electrons. The van der Waals surface area contributed by atoms with Gasteiger partial charge in [0.15, 0.2) is 0 Å². The fraction of sp³-hybridized carbons (Fsp3) is 0.471. The Hall–Kier alpha value is -2.57. The van der Waals surface area contributed by atoms with E-state index >= 15 is 0 Å². The van der Waals surface area contributed by atoms with E-state index in [0.717, 1.165) is 37.3 Å². The maximum atomic E-state index is 11.7. The molecule has 0 bridgehead atoms. The van der Waals surface area contributed by atoms with E-state index in [0.29, 0.717) is 22.7 Å². The summed E-state index contributed by atoms with van der Waals surface area (Å²) in [5, 5.41) is 17.3. The van der Waals surface area contributed by atoms with Crippen LogP contribution >= 0.6 is 0 Å². The number of hydrogen-bond acceptors (Lipinski definition) is 4. The highest BCUT2D eigenvalue weighted by Gasteiger charge is 2.25. The van der Waals surface area contributed by atoms with Crippen LogP contribution in [0.4, 0.5) is 0 Å². The summed E-state index contributed by atoms with van der Waals surface area (Å²) >= 11 is 0. The summed E-state index contributed by atoms with van der Waals surface area (Å²) in [4.78, 5) is 21.2. The SMILES string of the molecule is CC(=N)N1CCC(Oc2cc3[nH]c(C)nc3c(C)c2C(=O)O)CC1. The van der Waals surface area contributed by atoms with Crippen molar-refractivity contribution >= 4 is 22.8 Å². The number of hydrogen-bond donors (Lipinski definition) is 3. The second-order valence-electron chi connectivity index (χ2n) is 6.29. The number of likely N-dealkylation sites (tertiary alicyclic amines) is 1. The highest BCUT2D eigenvalue weighted by molar-refractivity contribution is 5.98. The van der Waals surface area contributed by atoms with Crippen LogP contribution in [-0.2, 0) is 0 Å². The van der Waals surface area contributed by atoms with Crippen LogP contribution in [0.15, 0.2) is 6.07 Å². The van der Waals surface area contributed by atoms with E-state index in [1.807, 2.05) is 11.8 Å². The Morgan fingerprint density at radius 1 is 1.42 bits per heavy atom. The molecule has 3 N–H and O–H groups in total. The first-order valence-corrected chi connectivity index (χ1v) is 8.06. The van der Waals surface area contributed by atoms with Gasteiger partial charge in [0.05, 0.1) is 16.9 Å². The number of carbonyl (C=O) groups is 1. The van der Waals surface area contributed by atoms with Crippen LogP contribution in [-0.4, -0.2) is 51.0 Å². The zero-order valence-electron chi connectivity index (χ0n) is 14.1. The second-order valence-corrected chi connectivity index (χ2v) is 6.29.